The lowest BCUT2D eigenvalue weighted by atomic mass is 10.0. The molecule has 1 atom stereocenters. The second-order valence-corrected chi connectivity index (χ2v) is 8.44. The third-order valence-corrected chi connectivity index (χ3v) is 5.69. The van der Waals surface area contributed by atoms with E-state index in [9.17, 15) is 9.50 Å². The molecule has 0 amide bonds. The molecular weight excluding hydrogens is 413 g/mol. The van der Waals surface area contributed by atoms with Crippen molar-refractivity contribution in [3.63, 3.8) is 0 Å². The standard InChI is InChI=1S/C29H34FNO2/c1-3-4-8-19-33-22(2)9-6-5-7-10-23-11-13-24(14-12-23)26-15-17-28(31-21-26)25-16-18-29(32)27(30)20-25/h7,10-18,20-22,32H,3-6,8-9,19H2,1-2H3/b10-7+. The quantitative estimate of drug-likeness (QED) is 0.286. The molecule has 174 valence electrons. The summed E-state index contributed by atoms with van der Waals surface area (Å²) in [6, 6.07) is 16.5. The molecule has 0 aliphatic heterocycles. The van der Waals surface area contributed by atoms with E-state index in [1.54, 1.807) is 12.3 Å². The monoisotopic (exact) mass is 447 g/mol. The first-order valence-electron chi connectivity index (χ1n) is 11.9. The Morgan fingerprint density at radius 3 is 2.42 bits per heavy atom. The molecule has 1 unspecified atom stereocenters. The number of unbranched alkanes of at least 4 members (excludes halogenated alkanes) is 3. The number of allylic oxidation sites excluding steroid dienone is 1. The highest BCUT2D eigenvalue weighted by Crippen LogP contribution is 2.26. The Hall–Kier alpha value is -2.98. The third kappa shape index (κ3) is 7.83. The van der Waals surface area contributed by atoms with Crippen LogP contribution in [0.3, 0.4) is 0 Å². The number of halogens is 1. The minimum absolute atomic E-state index is 0.336. The maximum atomic E-state index is 13.6. The Morgan fingerprint density at radius 2 is 1.73 bits per heavy atom. The fourth-order valence-electron chi connectivity index (χ4n) is 3.65. The van der Waals surface area contributed by atoms with Crippen LogP contribution in [0.25, 0.3) is 28.5 Å². The van der Waals surface area contributed by atoms with Crippen LogP contribution in [0.2, 0.25) is 0 Å². The molecule has 1 N–H and O–H groups in total. The van der Waals surface area contributed by atoms with Crippen molar-refractivity contribution in [2.75, 3.05) is 6.61 Å². The average molecular weight is 448 g/mol. The van der Waals surface area contributed by atoms with Gasteiger partial charge in [0.25, 0.3) is 0 Å². The number of hydrogen-bond donors (Lipinski definition) is 1. The lowest BCUT2D eigenvalue weighted by Gasteiger charge is -2.12. The molecule has 0 bridgehead atoms. The Labute approximate surface area is 197 Å². The van der Waals surface area contributed by atoms with E-state index in [2.05, 4.69) is 55.2 Å². The molecule has 4 heteroatoms. The number of aromatic hydroxyl groups is 1. The van der Waals surface area contributed by atoms with Gasteiger partial charge in [-0.25, -0.2) is 4.39 Å². The minimum atomic E-state index is -0.646. The van der Waals surface area contributed by atoms with Crippen LogP contribution in [0.15, 0.2) is 66.9 Å². The fourth-order valence-corrected chi connectivity index (χ4v) is 3.65. The van der Waals surface area contributed by atoms with Crippen LogP contribution in [0.4, 0.5) is 4.39 Å². The van der Waals surface area contributed by atoms with E-state index in [4.69, 9.17) is 4.74 Å². The number of benzene rings is 2. The number of rotatable bonds is 12. The average Bonchev–Trinajstić information content (AvgIpc) is 2.84. The first-order valence-corrected chi connectivity index (χ1v) is 11.9. The van der Waals surface area contributed by atoms with Crippen molar-refractivity contribution in [3.05, 3.63) is 78.3 Å². The molecule has 0 saturated heterocycles. The highest BCUT2D eigenvalue weighted by atomic mass is 19.1. The zero-order chi connectivity index (χ0) is 23.5. The van der Waals surface area contributed by atoms with Gasteiger partial charge < -0.3 is 9.84 Å². The van der Waals surface area contributed by atoms with E-state index in [-0.39, 0.29) is 5.75 Å². The molecule has 0 radical (unpaired) electrons. The highest BCUT2D eigenvalue weighted by molar-refractivity contribution is 5.68. The van der Waals surface area contributed by atoms with Gasteiger partial charge in [0.2, 0.25) is 0 Å². The summed E-state index contributed by atoms with van der Waals surface area (Å²) in [5, 5.41) is 9.35. The molecule has 3 nitrogen and oxygen atoms in total. The number of pyridine rings is 1. The molecular formula is C29H34FNO2. The van der Waals surface area contributed by atoms with E-state index in [0.717, 1.165) is 43.4 Å². The van der Waals surface area contributed by atoms with Gasteiger partial charge in [0.05, 0.1) is 11.8 Å². The van der Waals surface area contributed by atoms with Gasteiger partial charge in [-0.1, -0.05) is 62.2 Å². The van der Waals surface area contributed by atoms with Gasteiger partial charge in [0.15, 0.2) is 11.6 Å². The van der Waals surface area contributed by atoms with Crippen molar-refractivity contribution >= 4 is 6.08 Å². The van der Waals surface area contributed by atoms with Gasteiger partial charge in [-0.2, -0.15) is 0 Å². The summed E-state index contributed by atoms with van der Waals surface area (Å²) >= 11 is 0. The number of nitrogens with zero attached hydrogens (tertiary/aromatic N) is 1. The topological polar surface area (TPSA) is 42.4 Å². The number of ether oxygens (including phenoxy) is 1. The van der Waals surface area contributed by atoms with E-state index >= 15 is 0 Å². The lowest BCUT2D eigenvalue weighted by molar-refractivity contribution is 0.0566. The summed E-state index contributed by atoms with van der Waals surface area (Å²) in [4.78, 5) is 4.46. The zero-order valence-electron chi connectivity index (χ0n) is 19.6. The molecule has 2 aromatic carbocycles. The van der Waals surface area contributed by atoms with Gasteiger partial charge in [0, 0.05) is 23.9 Å². The molecule has 0 spiro atoms. The van der Waals surface area contributed by atoms with Crippen LogP contribution < -0.4 is 0 Å². The van der Waals surface area contributed by atoms with Crippen LogP contribution in [0.5, 0.6) is 5.75 Å². The Balaban J connectivity index is 1.47. The fraction of sp³-hybridized carbons (Fsp3) is 0.345. The van der Waals surface area contributed by atoms with Gasteiger partial charge in [-0.3, -0.25) is 4.98 Å². The van der Waals surface area contributed by atoms with Crippen LogP contribution >= 0.6 is 0 Å². The summed E-state index contributed by atoms with van der Waals surface area (Å²) in [5.74, 6) is -1.00. The highest BCUT2D eigenvalue weighted by Gasteiger charge is 2.06. The number of hydrogen-bond acceptors (Lipinski definition) is 3. The molecule has 33 heavy (non-hydrogen) atoms. The molecule has 1 heterocycles. The predicted molar refractivity (Wildman–Crippen MR) is 135 cm³/mol. The van der Waals surface area contributed by atoms with E-state index < -0.39 is 5.82 Å². The van der Waals surface area contributed by atoms with Crippen molar-refractivity contribution in [1.82, 2.24) is 4.98 Å². The zero-order valence-corrected chi connectivity index (χ0v) is 19.6. The van der Waals surface area contributed by atoms with Crippen molar-refractivity contribution < 1.29 is 14.2 Å². The van der Waals surface area contributed by atoms with Gasteiger partial charge in [-0.15, -0.1) is 0 Å². The summed E-state index contributed by atoms with van der Waals surface area (Å²) in [6.07, 6.45) is 13.4. The van der Waals surface area contributed by atoms with Crippen LogP contribution in [0.1, 0.15) is 57.9 Å². The van der Waals surface area contributed by atoms with Gasteiger partial charge >= 0.3 is 0 Å². The van der Waals surface area contributed by atoms with Crippen LogP contribution in [0, 0.1) is 5.82 Å². The summed E-state index contributed by atoms with van der Waals surface area (Å²) in [7, 11) is 0. The van der Waals surface area contributed by atoms with E-state index in [0.29, 0.717) is 17.4 Å². The normalized spacial score (nSPS) is 12.3. The second kappa shape index (κ2) is 12.9. The molecule has 3 aromatic rings. The smallest absolute Gasteiger partial charge is 0.165 e. The lowest BCUT2D eigenvalue weighted by Crippen LogP contribution is -2.08. The van der Waals surface area contributed by atoms with E-state index in [1.807, 2.05) is 12.1 Å². The molecule has 0 aliphatic rings. The Morgan fingerprint density at radius 1 is 0.970 bits per heavy atom. The number of phenols is 1. The third-order valence-electron chi connectivity index (χ3n) is 5.69. The molecule has 0 saturated carbocycles. The van der Waals surface area contributed by atoms with Crippen LogP contribution in [-0.4, -0.2) is 22.8 Å². The molecule has 0 aliphatic carbocycles. The predicted octanol–water partition coefficient (Wildman–Crippen LogP) is 8.04. The Kier molecular flexibility index (Phi) is 9.64. The first kappa shape index (κ1) is 24.7. The largest absolute Gasteiger partial charge is 0.505 e. The number of phenolic OH excluding ortho intramolecular Hbond substituents is 1. The summed E-state index contributed by atoms with van der Waals surface area (Å²) in [6.45, 7) is 5.26. The molecule has 0 fully saturated rings. The second-order valence-electron chi connectivity index (χ2n) is 8.44. The van der Waals surface area contributed by atoms with Crippen molar-refractivity contribution in [1.29, 1.82) is 0 Å². The van der Waals surface area contributed by atoms with Crippen LogP contribution in [-0.2, 0) is 4.74 Å². The Bertz CT molecular complexity index is 1010. The van der Waals surface area contributed by atoms with Gasteiger partial charge in [0.1, 0.15) is 0 Å². The van der Waals surface area contributed by atoms with Gasteiger partial charge in [-0.05, 0) is 68.0 Å². The SMILES string of the molecule is CCCCCOC(C)CCC/C=C/c1ccc(-c2ccc(-c3ccc(O)c(F)c3)nc2)cc1. The molecule has 1 aromatic heterocycles. The van der Waals surface area contributed by atoms with Crippen molar-refractivity contribution in [3.8, 4) is 28.1 Å². The van der Waals surface area contributed by atoms with Crippen molar-refractivity contribution in [2.45, 2.75) is 58.5 Å². The maximum absolute atomic E-state index is 13.6. The summed E-state index contributed by atoms with van der Waals surface area (Å²) < 4.78 is 19.4. The molecule has 3 rings (SSSR count). The van der Waals surface area contributed by atoms with Crippen molar-refractivity contribution in [2.24, 2.45) is 0 Å². The minimum Gasteiger partial charge on any atom is -0.505 e. The first-order chi connectivity index (χ1) is 16.1. The van der Waals surface area contributed by atoms with E-state index in [1.165, 1.54) is 30.5 Å². The maximum Gasteiger partial charge on any atom is 0.165 e. The number of aromatic nitrogens is 1. The summed E-state index contributed by atoms with van der Waals surface area (Å²) in [5.41, 5.74) is 4.55.